The summed E-state index contributed by atoms with van der Waals surface area (Å²) < 4.78 is 5.10. The molecule has 8 heteroatoms. The maximum Gasteiger partial charge on any atom is 0.348 e. The number of thiophene rings is 2. The molecule has 0 unspecified atom stereocenters. The van der Waals surface area contributed by atoms with Crippen molar-refractivity contribution in [3.63, 3.8) is 0 Å². The zero-order chi connectivity index (χ0) is 18.8. The van der Waals surface area contributed by atoms with Crippen molar-refractivity contribution in [1.29, 1.82) is 0 Å². The Morgan fingerprint density at radius 1 is 1.27 bits per heavy atom. The average molecular weight is 393 g/mol. The van der Waals surface area contributed by atoms with Gasteiger partial charge in [-0.3, -0.25) is 9.59 Å². The van der Waals surface area contributed by atoms with E-state index in [1.54, 1.807) is 6.07 Å². The van der Waals surface area contributed by atoms with Crippen LogP contribution in [0.1, 0.15) is 54.3 Å². The molecule has 26 heavy (non-hydrogen) atoms. The van der Waals surface area contributed by atoms with Crippen molar-refractivity contribution in [2.45, 2.75) is 39.5 Å². The number of rotatable bonds is 6. The molecule has 0 atom stereocenters. The number of hydrogen-bond acceptors (Lipinski definition) is 6. The molecular formula is C18H20N2O4S2. The largest absolute Gasteiger partial charge is 0.451 e. The molecule has 1 aliphatic rings. The van der Waals surface area contributed by atoms with Gasteiger partial charge >= 0.3 is 5.97 Å². The zero-order valence-corrected chi connectivity index (χ0v) is 16.3. The summed E-state index contributed by atoms with van der Waals surface area (Å²) in [4.78, 5) is 38.7. The molecule has 0 saturated heterocycles. The van der Waals surface area contributed by atoms with Crippen LogP contribution in [0.4, 0.5) is 5.00 Å². The molecule has 0 aliphatic heterocycles. The molecule has 3 rings (SSSR count). The van der Waals surface area contributed by atoms with Gasteiger partial charge in [0, 0.05) is 9.75 Å². The number of esters is 1. The number of primary amides is 1. The van der Waals surface area contributed by atoms with Gasteiger partial charge < -0.3 is 15.8 Å². The predicted octanol–water partition coefficient (Wildman–Crippen LogP) is 3.06. The van der Waals surface area contributed by atoms with E-state index in [1.165, 1.54) is 22.7 Å². The van der Waals surface area contributed by atoms with Gasteiger partial charge in [0.2, 0.25) is 0 Å². The number of ether oxygens (including phenoxy) is 1. The summed E-state index contributed by atoms with van der Waals surface area (Å²) in [5.41, 5.74) is 7.85. The van der Waals surface area contributed by atoms with E-state index in [4.69, 9.17) is 10.5 Å². The molecule has 0 aromatic carbocycles. The van der Waals surface area contributed by atoms with Crippen LogP contribution in [0.3, 0.4) is 0 Å². The summed E-state index contributed by atoms with van der Waals surface area (Å²) in [7, 11) is 0. The summed E-state index contributed by atoms with van der Waals surface area (Å²) in [6, 6.07) is 1.78. The van der Waals surface area contributed by atoms with Crippen LogP contribution in [0.5, 0.6) is 0 Å². The molecule has 0 bridgehead atoms. The predicted molar refractivity (Wildman–Crippen MR) is 102 cm³/mol. The number of aryl methyl sites for hydroxylation is 3. The first-order valence-electron chi connectivity index (χ1n) is 8.41. The van der Waals surface area contributed by atoms with Crippen LogP contribution in [0, 0.1) is 6.92 Å². The molecule has 0 fully saturated rings. The van der Waals surface area contributed by atoms with Crippen molar-refractivity contribution in [1.82, 2.24) is 0 Å². The third kappa shape index (κ3) is 3.66. The van der Waals surface area contributed by atoms with E-state index in [9.17, 15) is 14.4 Å². The number of hydrogen-bond donors (Lipinski definition) is 2. The van der Waals surface area contributed by atoms with E-state index in [2.05, 4.69) is 5.32 Å². The minimum atomic E-state index is -0.544. The van der Waals surface area contributed by atoms with Gasteiger partial charge in [-0.15, -0.1) is 22.7 Å². The molecule has 3 N–H and O–H groups in total. The minimum Gasteiger partial charge on any atom is -0.451 e. The SMILES string of the molecule is CCc1sc(C(=O)OCC(=O)Nc2sc3c(c2C(N)=O)CCC3)cc1C. The highest BCUT2D eigenvalue weighted by Gasteiger charge is 2.26. The Morgan fingerprint density at radius 3 is 2.69 bits per heavy atom. The Hall–Kier alpha value is -2.19. The highest BCUT2D eigenvalue weighted by molar-refractivity contribution is 7.17. The number of nitrogens with two attached hydrogens (primary N) is 1. The van der Waals surface area contributed by atoms with Crippen LogP contribution >= 0.6 is 22.7 Å². The standard InChI is InChI=1S/C18H20N2O4S2/c1-3-11-9(2)7-13(25-11)18(23)24-8-14(21)20-17-15(16(19)22)10-5-4-6-12(10)26-17/h7H,3-6,8H2,1-2H3,(H2,19,22)(H,20,21). The number of carbonyl (C=O) groups is 3. The van der Waals surface area contributed by atoms with Crippen molar-refractivity contribution < 1.29 is 19.1 Å². The van der Waals surface area contributed by atoms with Gasteiger partial charge in [-0.2, -0.15) is 0 Å². The first-order chi connectivity index (χ1) is 12.4. The van der Waals surface area contributed by atoms with E-state index in [0.717, 1.165) is 46.6 Å². The van der Waals surface area contributed by atoms with Crippen LogP contribution < -0.4 is 11.1 Å². The van der Waals surface area contributed by atoms with E-state index in [-0.39, 0.29) is 0 Å². The second kappa shape index (κ2) is 7.59. The molecule has 2 amide bonds. The number of amides is 2. The number of nitrogens with one attached hydrogen (secondary N) is 1. The van der Waals surface area contributed by atoms with Gasteiger partial charge in [-0.25, -0.2) is 4.79 Å². The Labute approximate surface area is 159 Å². The fourth-order valence-corrected chi connectivity index (χ4v) is 5.41. The number of anilines is 1. The van der Waals surface area contributed by atoms with Crippen molar-refractivity contribution in [2.24, 2.45) is 5.73 Å². The highest BCUT2D eigenvalue weighted by Crippen LogP contribution is 2.38. The Bertz CT molecular complexity index is 882. The quantitative estimate of drug-likeness (QED) is 0.738. The smallest absolute Gasteiger partial charge is 0.348 e. The van der Waals surface area contributed by atoms with Gasteiger partial charge in [0.05, 0.1) is 5.56 Å². The van der Waals surface area contributed by atoms with E-state index in [0.29, 0.717) is 15.4 Å². The molecule has 0 spiro atoms. The lowest BCUT2D eigenvalue weighted by Gasteiger charge is -2.06. The van der Waals surface area contributed by atoms with Crippen molar-refractivity contribution >= 4 is 45.5 Å². The van der Waals surface area contributed by atoms with Gasteiger partial charge in [0.1, 0.15) is 9.88 Å². The Balaban J connectivity index is 1.63. The van der Waals surface area contributed by atoms with E-state index < -0.39 is 24.4 Å². The highest BCUT2D eigenvalue weighted by atomic mass is 32.1. The van der Waals surface area contributed by atoms with E-state index in [1.807, 2.05) is 13.8 Å². The molecule has 0 radical (unpaired) electrons. The molecular weight excluding hydrogens is 372 g/mol. The maximum atomic E-state index is 12.1. The summed E-state index contributed by atoms with van der Waals surface area (Å²) in [6.45, 7) is 3.56. The van der Waals surface area contributed by atoms with Crippen LogP contribution in [0.15, 0.2) is 6.07 Å². The average Bonchev–Trinajstić information content (AvgIpc) is 3.26. The fraction of sp³-hybridized carbons (Fsp3) is 0.389. The lowest BCUT2D eigenvalue weighted by atomic mass is 10.1. The second-order valence-corrected chi connectivity index (χ2v) is 8.36. The van der Waals surface area contributed by atoms with Gasteiger partial charge in [0.25, 0.3) is 11.8 Å². The minimum absolute atomic E-state index is 0.392. The first-order valence-corrected chi connectivity index (χ1v) is 10.0. The molecule has 6 nitrogen and oxygen atoms in total. The molecule has 2 aromatic heterocycles. The number of fused-ring (bicyclic) bond motifs is 1. The summed E-state index contributed by atoms with van der Waals surface area (Å²) in [5, 5.41) is 3.11. The van der Waals surface area contributed by atoms with E-state index >= 15 is 0 Å². The van der Waals surface area contributed by atoms with Gasteiger partial charge in [-0.1, -0.05) is 6.92 Å². The van der Waals surface area contributed by atoms with Crippen LogP contribution in [-0.2, 0) is 28.8 Å². The first kappa shape index (κ1) is 18.6. The topological polar surface area (TPSA) is 98.5 Å². The summed E-state index contributed by atoms with van der Waals surface area (Å²) in [6.07, 6.45) is 3.53. The van der Waals surface area contributed by atoms with Crippen LogP contribution in [-0.4, -0.2) is 24.4 Å². The molecule has 0 saturated carbocycles. The molecule has 138 valence electrons. The normalized spacial score (nSPS) is 12.7. The molecule has 2 heterocycles. The lowest BCUT2D eigenvalue weighted by molar-refractivity contribution is -0.119. The Morgan fingerprint density at radius 2 is 2.04 bits per heavy atom. The third-order valence-corrected chi connectivity index (χ3v) is 6.87. The van der Waals surface area contributed by atoms with Crippen molar-refractivity contribution in [3.05, 3.63) is 37.4 Å². The summed E-state index contributed by atoms with van der Waals surface area (Å²) in [5.74, 6) is -1.54. The van der Waals surface area contributed by atoms with Crippen molar-refractivity contribution in [3.8, 4) is 0 Å². The van der Waals surface area contributed by atoms with Gasteiger partial charge in [0.15, 0.2) is 6.61 Å². The number of carbonyl (C=O) groups excluding carboxylic acids is 3. The van der Waals surface area contributed by atoms with Crippen LogP contribution in [0.25, 0.3) is 0 Å². The molecule has 1 aliphatic carbocycles. The fourth-order valence-electron chi connectivity index (χ4n) is 3.09. The van der Waals surface area contributed by atoms with Crippen LogP contribution in [0.2, 0.25) is 0 Å². The Kier molecular flexibility index (Phi) is 5.43. The monoisotopic (exact) mass is 392 g/mol. The second-order valence-electron chi connectivity index (χ2n) is 6.12. The third-order valence-electron chi connectivity index (χ3n) is 4.30. The summed E-state index contributed by atoms with van der Waals surface area (Å²) >= 11 is 2.75. The zero-order valence-electron chi connectivity index (χ0n) is 14.6. The maximum absolute atomic E-state index is 12.1. The molecule has 2 aromatic rings. The van der Waals surface area contributed by atoms with Gasteiger partial charge in [-0.05, 0) is 49.8 Å². The lowest BCUT2D eigenvalue weighted by Crippen LogP contribution is -2.22. The van der Waals surface area contributed by atoms with Crippen molar-refractivity contribution in [2.75, 3.05) is 11.9 Å².